The highest BCUT2D eigenvalue weighted by atomic mass is 16.5. The predicted octanol–water partition coefficient (Wildman–Crippen LogP) is 1.19. The molecule has 0 aromatic heterocycles. The van der Waals surface area contributed by atoms with Gasteiger partial charge in [0.15, 0.2) is 0 Å². The van der Waals surface area contributed by atoms with Gasteiger partial charge < -0.3 is 19.5 Å². The van der Waals surface area contributed by atoms with Crippen molar-refractivity contribution in [2.75, 3.05) is 40.0 Å². The fourth-order valence-corrected chi connectivity index (χ4v) is 4.10. The fourth-order valence-electron chi connectivity index (χ4n) is 4.10. The second-order valence-corrected chi connectivity index (χ2v) is 7.37. The number of carbonyl (C=O) groups excluding carboxylic acids is 1. The van der Waals surface area contributed by atoms with E-state index in [0.29, 0.717) is 30.9 Å². The standard InChI is InChI=1S/C18H32N2O4/c1-3-23-18(21)13-4-6-16(7-5-13)24-12-14-8-15(9-19-14)20-10-17(11-20)22-2/h13-17,19H,3-12H2,1-2H3/t13-,14-,15-,16-/m0/s1. The fraction of sp³-hybridized carbons (Fsp3) is 0.944. The molecule has 1 N–H and O–H groups in total. The van der Waals surface area contributed by atoms with Gasteiger partial charge in [0.05, 0.1) is 31.3 Å². The van der Waals surface area contributed by atoms with Crippen molar-refractivity contribution >= 4 is 5.97 Å². The molecule has 2 aliphatic heterocycles. The van der Waals surface area contributed by atoms with Crippen molar-refractivity contribution in [3.05, 3.63) is 0 Å². The number of likely N-dealkylation sites (tertiary alicyclic amines) is 1. The number of nitrogens with one attached hydrogen (secondary N) is 1. The Bertz CT molecular complexity index is 406. The molecule has 1 aliphatic carbocycles. The molecular weight excluding hydrogens is 308 g/mol. The largest absolute Gasteiger partial charge is 0.466 e. The van der Waals surface area contributed by atoms with Crippen LogP contribution >= 0.6 is 0 Å². The maximum atomic E-state index is 11.8. The van der Waals surface area contributed by atoms with Crippen LogP contribution in [0, 0.1) is 5.92 Å². The molecule has 0 radical (unpaired) electrons. The Morgan fingerprint density at radius 1 is 1.17 bits per heavy atom. The molecule has 24 heavy (non-hydrogen) atoms. The lowest BCUT2D eigenvalue weighted by atomic mass is 9.87. The number of ether oxygens (including phenoxy) is 3. The highest BCUT2D eigenvalue weighted by molar-refractivity contribution is 5.72. The first kappa shape index (κ1) is 18.1. The third kappa shape index (κ3) is 4.48. The van der Waals surface area contributed by atoms with Crippen LogP contribution in [-0.2, 0) is 19.0 Å². The van der Waals surface area contributed by atoms with Crippen LogP contribution in [0.4, 0.5) is 0 Å². The minimum absolute atomic E-state index is 0.0276. The maximum absolute atomic E-state index is 11.8. The predicted molar refractivity (Wildman–Crippen MR) is 90.9 cm³/mol. The maximum Gasteiger partial charge on any atom is 0.308 e. The summed E-state index contributed by atoms with van der Waals surface area (Å²) in [4.78, 5) is 14.3. The van der Waals surface area contributed by atoms with Crippen LogP contribution in [0.25, 0.3) is 0 Å². The van der Waals surface area contributed by atoms with Gasteiger partial charge in [-0.2, -0.15) is 0 Å². The summed E-state index contributed by atoms with van der Waals surface area (Å²) in [6, 6.07) is 1.09. The average molecular weight is 340 g/mol. The lowest BCUT2D eigenvalue weighted by molar-refractivity contribution is -0.150. The van der Waals surface area contributed by atoms with E-state index in [0.717, 1.165) is 58.3 Å². The number of rotatable bonds is 7. The Morgan fingerprint density at radius 3 is 2.58 bits per heavy atom. The van der Waals surface area contributed by atoms with E-state index in [4.69, 9.17) is 14.2 Å². The number of esters is 1. The summed E-state index contributed by atoms with van der Waals surface area (Å²) < 4.78 is 16.6. The average Bonchev–Trinajstić information content (AvgIpc) is 3.01. The molecule has 0 aromatic rings. The van der Waals surface area contributed by atoms with Crippen molar-refractivity contribution in [1.82, 2.24) is 10.2 Å². The van der Waals surface area contributed by atoms with Crippen molar-refractivity contribution in [2.24, 2.45) is 5.92 Å². The topological polar surface area (TPSA) is 60.0 Å². The number of hydrogen-bond acceptors (Lipinski definition) is 6. The molecule has 2 atom stereocenters. The molecule has 6 nitrogen and oxygen atoms in total. The van der Waals surface area contributed by atoms with Crippen molar-refractivity contribution in [2.45, 2.75) is 63.3 Å². The van der Waals surface area contributed by atoms with E-state index in [1.165, 1.54) is 0 Å². The normalized spacial score (nSPS) is 34.9. The molecule has 0 bridgehead atoms. The zero-order valence-corrected chi connectivity index (χ0v) is 15.0. The first-order chi connectivity index (χ1) is 11.7. The van der Waals surface area contributed by atoms with Crippen LogP contribution in [0.15, 0.2) is 0 Å². The molecule has 3 aliphatic rings. The molecule has 2 saturated heterocycles. The summed E-state index contributed by atoms with van der Waals surface area (Å²) in [5, 5.41) is 3.59. The Morgan fingerprint density at radius 2 is 1.92 bits per heavy atom. The highest BCUT2D eigenvalue weighted by Crippen LogP contribution is 2.28. The molecule has 138 valence electrons. The molecule has 6 heteroatoms. The molecule has 1 saturated carbocycles. The monoisotopic (exact) mass is 340 g/mol. The van der Waals surface area contributed by atoms with Crippen LogP contribution < -0.4 is 5.32 Å². The van der Waals surface area contributed by atoms with Crippen LogP contribution in [-0.4, -0.2) is 75.1 Å². The first-order valence-corrected chi connectivity index (χ1v) is 9.48. The SMILES string of the molecule is CCOC(=O)[C@H]1CC[C@H](OC[C@@H]2C[C@H](N3CC(OC)C3)CN2)CC1. The lowest BCUT2D eigenvalue weighted by Gasteiger charge is -2.42. The van der Waals surface area contributed by atoms with Gasteiger partial charge in [0.1, 0.15) is 0 Å². The number of methoxy groups -OCH3 is 1. The van der Waals surface area contributed by atoms with E-state index in [2.05, 4.69) is 10.2 Å². The molecule has 0 unspecified atom stereocenters. The first-order valence-electron chi connectivity index (χ1n) is 9.48. The molecule has 0 aromatic carbocycles. The van der Waals surface area contributed by atoms with Crippen molar-refractivity contribution in [3.63, 3.8) is 0 Å². The molecule has 3 rings (SSSR count). The van der Waals surface area contributed by atoms with Crippen LogP contribution in [0.3, 0.4) is 0 Å². The van der Waals surface area contributed by atoms with E-state index < -0.39 is 0 Å². The molecule has 2 heterocycles. The summed E-state index contributed by atoms with van der Waals surface area (Å²) in [6.45, 7) is 6.31. The Balaban J connectivity index is 1.30. The summed E-state index contributed by atoms with van der Waals surface area (Å²) in [5.74, 6) is 0.0547. The van der Waals surface area contributed by atoms with Crippen LogP contribution in [0.1, 0.15) is 39.0 Å². The molecular formula is C18H32N2O4. The molecule has 3 fully saturated rings. The lowest BCUT2D eigenvalue weighted by Crippen LogP contribution is -2.56. The molecule has 0 spiro atoms. The molecule has 0 amide bonds. The van der Waals surface area contributed by atoms with Gasteiger partial charge in [0, 0.05) is 38.8 Å². The van der Waals surface area contributed by atoms with Gasteiger partial charge in [-0.3, -0.25) is 9.69 Å². The summed E-state index contributed by atoms with van der Waals surface area (Å²) in [6.07, 6.45) is 5.64. The van der Waals surface area contributed by atoms with Crippen molar-refractivity contribution < 1.29 is 19.0 Å². The number of nitrogens with zero attached hydrogens (tertiary/aromatic N) is 1. The third-order valence-corrected chi connectivity index (χ3v) is 5.75. The third-order valence-electron chi connectivity index (χ3n) is 5.75. The highest BCUT2D eigenvalue weighted by Gasteiger charge is 2.37. The summed E-state index contributed by atoms with van der Waals surface area (Å²) >= 11 is 0. The zero-order valence-electron chi connectivity index (χ0n) is 15.0. The quantitative estimate of drug-likeness (QED) is 0.703. The summed E-state index contributed by atoms with van der Waals surface area (Å²) in [7, 11) is 1.79. The van der Waals surface area contributed by atoms with E-state index in [-0.39, 0.29) is 11.9 Å². The number of carbonyl (C=O) groups is 1. The van der Waals surface area contributed by atoms with Gasteiger partial charge in [-0.15, -0.1) is 0 Å². The number of hydrogen-bond donors (Lipinski definition) is 1. The zero-order chi connectivity index (χ0) is 16.9. The van der Waals surface area contributed by atoms with E-state index in [1.807, 2.05) is 6.92 Å². The minimum Gasteiger partial charge on any atom is -0.466 e. The van der Waals surface area contributed by atoms with Gasteiger partial charge in [0.2, 0.25) is 0 Å². The van der Waals surface area contributed by atoms with Crippen LogP contribution in [0.2, 0.25) is 0 Å². The van der Waals surface area contributed by atoms with Crippen molar-refractivity contribution in [1.29, 1.82) is 0 Å². The van der Waals surface area contributed by atoms with Gasteiger partial charge >= 0.3 is 5.97 Å². The van der Waals surface area contributed by atoms with Gasteiger partial charge in [0.25, 0.3) is 0 Å². The second kappa shape index (κ2) is 8.61. The van der Waals surface area contributed by atoms with E-state index >= 15 is 0 Å². The Labute approximate surface area is 145 Å². The van der Waals surface area contributed by atoms with E-state index in [1.54, 1.807) is 7.11 Å². The van der Waals surface area contributed by atoms with Crippen molar-refractivity contribution in [3.8, 4) is 0 Å². The van der Waals surface area contributed by atoms with E-state index in [9.17, 15) is 4.79 Å². The van der Waals surface area contributed by atoms with Gasteiger partial charge in [-0.05, 0) is 39.0 Å². The Hall–Kier alpha value is -0.690. The van der Waals surface area contributed by atoms with Crippen LogP contribution in [0.5, 0.6) is 0 Å². The van der Waals surface area contributed by atoms with Gasteiger partial charge in [-0.1, -0.05) is 0 Å². The second-order valence-electron chi connectivity index (χ2n) is 7.37. The van der Waals surface area contributed by atoms with Gasteiger partial charge in [-0.25, -0.2) is 0 Å². The summed E-state index contributed by atoms with van der Waals surface area (Å²) in [5.41, 5.74) is 0. The smallest absolute Gasteiger partial charge is 0.308 e. The minimum atomic E-state index is -0.0276. The Kier molecular flexibility index (Phi) is 6.49.